The van der Waals surface area contributed by atoms with Crippen molar-refractivity contribution >= 4 is 61.5 Å². The minimum atomic E-state index is -0.131. The van der Waals surface area contributed by atoms with Gasteiger partial charge >= 0.3 is 0 Å². The smallest absolute Gasteiger partial charge is 0.226 e. The molecule has 1 atom stereocenters. The van der Waals surface area contributed by atoms with Crippen molar-refractivity contribution < 1.29 is 14.3 Å². The highest BCUT2D eigenvalue weighted by molar-refractivity contribution is 9.10. The summed E-state index contributed by atoms with van der Waals surface area (Å²) in [5, 5.41) is 25.1. The fourth-order valence-corrected chi connectivity index (χ4v) is 6.26. The number of nitrogens with zero attached hydrogens (tertiary/aromatic N) is 3. The molecule has 2 aliphatic rings. The first-order valence-corrected chi connectivity index (χ1v) is 13.3. The van der Waals surface area contributed by atoms with Crippen LogP contribution >= 0.6 is 43.5 Å². The standard InChI is InChI=1S/C26H22Br2ClN3O3/c27-19-14-18-1-2-21-20(3-4-22(29)25(21)28)24(26(18)32(35)15-19)17-7-9-30(10-8-17)23(33)13-16-5-11-31(34)12-6-16/h1-6,11-12,14-15,17,24H,7-10,13H2/t24-/m1/s1. The molecule has 0 N–H and O–H groups in total. The lowest BCUT2D eigenvalue weighted by atomic mass is 9.76. The van der Waals surface area contributed by atoms with Crippen molar-refractivity contribution in [1.29, 1.82) is 0 Å². The molecule has 0 spiro atoms. The Hall–Kier alpha value is -2.42. The predicted molar refractivity (Wildman–Crippen MR) is 141 cm³/mol. The lowest BCUT2D eigenvalue weighted by Crippen LogP contribution is -2.43. The first-order chi connectivity index (χ1) is 16.8. The van der Waals surface area contributed by atoms with Crippen molar-refractivity contribution in [3.63, 3.8) is 0 Å². The van der Waals surface area contributed by atoms with Crippen LogP contribution in [0.25, 0.3) is 12.2 Å². The van der Waals surface area contributed by atoms with Crippen LogP contribution in [0.5, 0.6) is 0 Å². The molecule has 9 heteroatoms. The first-order valence-electron chi connectivity index (χ1n) is 11.4. The van der Waals surface area contributed by atoms with Gasteiger partial charge in [-0.05, 0) is 85.5 Å². The summed E-state index contributed by atoms with van der Waals surface area (Å²) in [6.07, 6.45) is 10.2. The summed E-state index contributed by atoms with van der Waals surface area (Å²) < 4.78 is 3.23. The second-order valence-electron chi connectivity index (χ2n) is 8.96. The van der Waals surface area contributed by atoms with Crippen molar-refractivity contribution in [3.8, 4) is 0 Å². The summed E-state index contributed by atoms with van der Waals surface area (Å²) >= 11 is 13.5. The molecule has 3 heterocycles. The second-order valence-corrected chi connectivity index (χ2v) is 11.1. The number of pyridine rings is 2. The number of hydrogen-bond acceptors (Lipinski definition) is 3. The van der Waals surface area contributed by atoms with Crippen LogP contribution < -0.4 is 9.46 Å². The Bertz CT molecular complexity index is 1320. The fraction of sp³-hybridized carbons (Fsp3) is 0.269. The second kappa shape index (κ2) is 9.91. The van der Waals surface area contributed by atoms with Crippen LogP contribution in [0.3, 0.4) is 0 Å². The summed E-state index contributed by atoms with van der Waals surface area (Å²) in [5.41, 5.74) is 4.45. The minimum Gasteiger partial charge on any atom is -0.619 e. The third kappa shape index (κ3) is 4.84. The minimum absolute atomic E-state index is 0.0489. The van der Waals surface area contributed by atoms with E-state index in [1.165, 1.54) is 12.4 Å². The SMILES string of the molecule is O=C(Cc1cc[n+]([O-])cc1)N1CCC([C@@H]2c3ccc(Cl)c(Br)c3C=Cc3cc(Br)c[n+]([O-])c32)CC1. The molecule has 0 radical (unpaired) electrons. The Morgan fingerprint density at radius 2 is 1.80 bits per heavy atom. The Labute approximate surface area is 225 Å². The molecule has 0 unspecified atom stereocenters. The lowest BCUT2D eigenvalue weighted by Gasteiger charge is -2.36. The van der Waals surface area contributed by atoms with Gasteiger partial charge in [-0.2, -0.15) is 9.46 Å². The number of piperidine rings is 1. The normalized spacial score (nSPS) is 17.6. The summed E-state index contributed by atoms with van der Waals surface area (Å²) in [6, 6.07) is 9.22. The number of likely N-dealkylation sites (tertiary alicyclic amines) is 1. The summed E-state index contributed by atoms with van der Waals surface area (Å²) in [4.78, 5) is 14.8. The van der Waals surface area contributed by atoms with Gasteiger partial charge in [0.2, 0.25) is 11.6 Å². The van der Waals surface area contributed by atoms with Crippen LogP contribution in [0.1, 0.15) is 46.7 Å². The van der Waals surface area contributed by atoms with E-state index in [-0.39, 0.29) is 24.2 Å². The largest absolute Gasteiger partial charge is 0.619 e. The maximum atomic E-state index is 13.2. The van der Waals surface area contributed by atoms with Gasteiger partial charge in [-0.25, -0.2) is 0 Å². The molecule has 1 fully saturated rings. The number of aromatic nitrogens is 2. The zero-order valence-electron chi connectivity index (χ0n) is 18.7. The van der Waals surface area contributed by atoms with Gasteiger partial charge < -0.3 is 15.3 Å². The van der Waals surface area contributed by atoms with E-state index in [0.29, 0.717) is 22.8 Å². The molecule has 6 nitrogen and oxygen atoms in total. The molecule has 180 valence electrons. The molecule has 1 saturated heterocycles. The Morgan fingerprint density at radius 3 is 2.51 bits per heavy atom. The van der Waals surface area contributed by atoms with Gasteiger partial charge in [0.05, 0.1) is 21.8 Å². The topological polar surface area (TPSA) is 74.2 Å². The molecule has 5 rings (SSSR count). The molecule has 0 saturated carbocycles. The number of rotatable bonds is 3. The molecule has 1 aliphatic carbocycles. The number of hydrogen-bond donors (Lipinski definition) is 0. The van der Waals surface area contributed by atoms with E-state index in [9.17, 15) is 15.2 Å². The highest BCUT2D eigenvalue weighted by atomic mass is 79.9. The van der Waals surface area contributed by atoms with E-state index in [4.69, 9.17) is 11.6 Å². The molecular formula is C26H22Br2ClN3O3. The average Bonchev–Trinajstić information content (AvgIpc) is 3.00. The third-order valence-electron chi connectivity index (χ3n) is 6.88. The monoisotopic (exact) mass is 617 g/mol. The molecule has 35 heavy (non-hydrogen) atoms. The van der Waals surface area contributed by atoms with Gasteiger partial charge in [0.15, 0.2) is 18.6 Å². The molecule has 3 aromatic rings. The molecule has 1 aliphatic heterocycles. The number of benzene rings is 1. The first kappa shape index (κ1) is 24.3. The number of fused-ring (bicyclic) bond motifs is 2. The van der Waals surface area contributed by atoms with E-state index in [1.54, 1.807) is 18.3 Å². The van der Waals surface area contributed by atoms with Gasteiger partial charge in [-0.3, -0.25) is 4.79 Å². The van der Waals surface area contributed by atoms with Crippen molar-refractivity contribution in [3.05, 3.63) is 101 Å². The zero-order valence-corrected chi connectivity index (χ0v) is 22.6. The van der Waals surface area contributed by atoms with Crippen LogP contribution in [-0.2, 0) is 11.2 Å². The van der Waals surface area contributed by atoms with Gasteiger partial charge in [0.1, 0.15) is 0 Å². The molecule has 2 aromatic heterocycles. The van der Waals surface area contributed by atoms with Crippen LogP contribution in [0.2, 0.25) is 5.02 Å². The zero-order chi connectivity index (χ0) is 24.7. The van der Waals surface area contributed by atoms with Crippen molar-refractivity contribution in [1.82, 2.24) is 4.90 Å². The van der Waals surface area contributed by atoms with Crippen LogP contribution in [0, 0.1) is 16.3 Å². The number of amides is 1. The van der Waals surface area contributed by atoms with E-state index < -0.39 is 0 Å². The van der Waals surface area contributed by atoms with Crippen molar-refractivity contribution in [2.24, 2.45) is 5.92 Å². The summed E-state index contributed by atoms with van der Waals surface area (Å²) in [6.45, 7) is 1.24. The molecule has 1 amide bonds. The van der Waals surface area contributed by atoms with Gasteiger partial charge in [0.25, 0.3) is 0 Å². The lowest BCUT2D eigenvalue weighted by molar-refractivity contribution is -0.616. The van der Waals surface area contributed by atoms with E-state index in [2.05, 4.69) is 31.9 Å². The number of halogens is 3. The highest BCUT2D eigenvalue weighted by Crippen LogP contribution is 2.45. The van der Waals surface area contributed by atoms with Crippen molar-refractivity contribution in [2.45, 2.75) is 25.2 Å². The maximum Gasteiger partial charge on any atom is 0.226 e. The Kier molecular flexibility index (Phi) is 6.88. The quantitative estimate of drug-likeness (QED) is 0.298. The van der Waals surface area contributed by atoms with E-state index in [1.807, 2.05) is 35.3 Å². The van der Waals surface area contributed by atoms with E-state index in [0.717, 1.165) is 54.5 Å². The Morgan fingerprint density at radius 1 is 1.09 bits per heavy atom. The summed E-state index contributed by atoms with van der Waals surface area (Å²) in [7, 11) is 0. The molecule has 0 bridgehead atoms. The molecular weight excluding hydrogens is 598 g/mol. The Balaban J connectivity index is 1.43. The highest BCUT2D eigenvalue weighted by Gasteiger charge is 2.38. The fourth-order valence-electron chi connectivity index (χ4n) is 5.17. The molecule has 1 aromatic carbocycles. The van der Waals surface area contributed by atoms with Gasteiger partial charge in [0, 0.05) is 35.3 Å². The third-order valence-corrected chi connectivity index (χ3v) is 8.71. The van der Waals surface area contributed by atoms with Gasteiger partial charge in [-0.15, -0.1) is 0 Å². The maximum absolute atomic E-state index is 13.2. The van der Waals surface area contributed by atoms with Gasteiger partial charge in [-0.1, -0.05) is 23.7 Å². The van der Waals surface area contributed by atoms with E-state index >= 15 is 0 Å². The van der Waals surface area contributed by atoms with Crippen LogP contribution in [0.4, 0.5) is 0 Å². The van der Waals surface area contributed by atoms with Crippen molar-refractivity contribution in [2.75, 3.05) is 13.1 Å². The number of carbonyl (C=O) groups is 1. The predicted octanol–water partition coefficient (Wildman–Crippen LogP) is 5.23. The average molecular weight is 620 g/mol. The number of carbonyl (C=O) groups excluding carboxylic acids is 1. The summed E-state index contributed by atoms with van der Waals surface area (Å²) in [5.74, 6) is 0.0999. The van der Waals surface area contributed by atoms with Crippen LogP contribution in [0.15, 0.2) is 57.9 Å². The van der Waals surface area contributed by atoms with Crippen LogP contribution in [-0.4, -0.2) is 23.9 Å².